The van der Waals surface area contributed by atoms with Crippen molar-refractivity contribution in [1.82, 2.24) is 0 Å². The van der Waals surface area contributed by atoms with Crippen LogP contribution in [0.3, 0.4) is 0 Å². The predicted molar refractivity (Wildman–Crippen MR) is 79.7 cm³/mol. The minimum atomic E-state index is -1.26. The molecule has 0 saturated carbocycles. The van der Waals surface area contributed by atoms with E-state index in [0.29, 0.717) is 28.4 Å². The lowest BCUT2D eigenvalue weighted by Crippen LogP contribution is -2.36. The topological polar surface area (TPSA) is 65.0 Å². The Bertz CT molecular complexity index is 710. The van der Waals surface area contributed by atoms with Crippen LogP contribution in [0, 0.1) is 0 Å². The van der Waals surface area contributed by atoms with E-state index in [2.05, 4.69) is 0 Å². The molecular formula is C17H16O5. The molecule has 0 spiro atoms. The number of fused-ring (bicyclic) bond motifs is 1. The van der Waals surface area contributed by atoms with Crippen molar-refractivity contribution in [1.29, 1.82) is 0 Å². The average molecular weight is 300 g/mol. The maximum Gasteiger partial charge on any atom is 0.199 e. The minimum absolute atomic E-state index is 0.346. The van der Waals surface area contributed by atoms with E-state index in [4.69, 9.17) is 14.2 Å². The third-order valence-electron chi connectivity index (χ3n) is 3.70. The van der Waals surface area contributed by atoms with Gasteiger partial charge in [0.2, 0.25) is 0 Å². The van der Waals surface area contributed by atoms with Crippen molar-refractivity contribution < 1.29 is 24.1 Å². The van der Waals surface area contributed by atoms with E-state index >= 15 is 0 Å². The second-order valence-corrected chi connectivity index (χ2v) is 4.96. The van der Waals surface area contributed by atoms with Crippen LogP contribution in [0.4, 0.5) is 0 Å². The van der Waals surface area contributed by atoms with Gasteiger partial charge in [0.05, 0.1) is 19.8 Å². The normalized spacial score (nSPS) is 20.0. The molecule has 0 bridgehead atoms. The first kappa shape index (κ1) is 14.4. The number of hydrogen-bond acceptors (Lipinski definition) is 5. The van der Waals surface area contributed by atoms with Gasteiger partial charge < -0.3 is 19.3 Å². The third-order valence-corrected chi connectivity index (χ3v) is 3.70. The average Bonchev–Trinajstić information content (AvgIpc) is 2.57. The number of para-hydroxylation sites is 1. The molecule has 0 saturated heterocycles. The Morgan fingerprint density at radius 1 is 1.05 bits per heavy atom. The molecule has 0 radical (unpaired) electrons. The summed E-state index contributed by atoms with van der Waals surface area (Å²) in [6.45, 7) is 0. The number of carbonyl (C=O) groups is 1. The van der Waals surface area contributed by atoms with E-state index in [0.717, 1.165) is 0 Å². The van der Waals surface area contributed by atoms with E-state index in [1.165, 1.54) is 7.11 Å². The molecule has 2 unspecified atom stereocenters. The molecule has 0 aromatic heterocycles. The van der Waals surface area contributed by atoms with Gasteiger partial charge in [-0.1, -0.05) is 18.2 Å². The molecule has 2 aromatic carbocycles. The van der Waals surface area contributed by atoms with Gasteiger partial charge in [0.25, 0.3) is 0 Å². The predicted octanol–water partition coefficient (Wildman–Crippen LogP) is 2.38. The van der Waals surface area contributed by atoms with Gasteiger partial charge in [-0.15, -0.1) is 0 Å². The Morgan fingerprint density at radius 3 is 2.50 bits per heavy atom. The maximum absolute atomic E-state index is 12.3. The Kier molecular flexibility index (Phi) is 3.73. The molecule has 2 atom stereocenters. The fourth-order valence-corrected chi connectivity index (χ4v) is 2.55. The summed E-state index contributed by atoms with van der Waals surface area (Å²) in [7, 11) is 3.07. The van der Waals surface area contributed by atoms with Crippen molar-refractivity contribution in [3.05, 3.63) is 53.6 Å². The van der Waals surface area contributed by atoms with Crippen LogP contribution in [0.5, 0.6) is 17.2 Å². The van der Waals surface area contributed by atoms with Crippen molar-refractivity contribution in [2.45, 2.75) is 12.2 Å². The third kappa shape index (κ3) is 2.29. The molecule has 1 aliphatic heterocycles. The summed E-state index contributed by atoms with van der Waals surface area (Å²) in [5, 5.41) is 10.3. The summed E-state index contributed by atoms with van der Waals surface area (Å²) in [6.07, 6.45) is -2.03. The Labute approximate surface area is 128 Å². The van der Waals surface area contributed by atoms with Gasteiger partial charge in [-0.3, -0.25) is 4.79 Å². The first-order valence-corrected chi connectivity index (χ1v) is 6.85. The lowest BCUT2D eigenvalue weighted by atomic mass is 9.93. The van der Waals surface area contributed by atoms with Crippen molar-refractivity contribution in [3.8, 4) is 17.2 Å². The van der Waals surface area contributed by atoms with Crippen LogP contribution in [-0.2, 0) is 0 Å². The summed E-state index contributed by atoms with van der Waals surface area (Å²) in [4.78, 5) is 12.3. The van der Waals surface area contributed by atoms with Crippen molar-refractivity contribution >= 4 is 5.78 Å². The molecule has 22 heavy (non-hydrogen) atoms. The number of benzene rings is 2. The van der Waals surface area contributed by atoms with Crippen LogP contribution in [0.2, 0.25) is 0 Å². The number of aliphatic hydroxyl groups is 1. The highest BCUT2D eigenvalue weighted by atomic mass is 16.5. The van der Waals surface area contributed by atoms with Crippen LogP contribution in [-0.4, -0.2) is 31.2 Å². The maximum atomic E-state index is 12.3. The van der Waals surface area contributed by atoms with Crippen molar-refractivity contribution in [2.24, 2.45) is 0 Å². The molecular weight excluding hydrogens is 284 g/mol. The van der Waals surface area contributed by atoms with Crippen LogP contribution in [0.25, 0.3) is 0 Å². The number of carbonyl (C=O) groups excluding carboxylic acids is 1. The molecule has 114 valence electrons. The molecule has 1 heterocycles. The molecule has 2 aromatic rings. The molecule has 3 rings (SSSR count). The van der Waals surface area contributed by atoms with Gasteiger partial charge in [-0.2, -0.15) is 0 Å². The fourth-order valence-electron chi connectivity index (χ4n) is 2.55. The van der Waals surface area contributed by atoms with Crippen LogP contribution >= 0.6 is 0 Å². The molecule has 0 amide bonds. The summed E-state index contributed by atoms with van der Waals surface area (Å²) in [5.74, 6) is 1.21. The van der Waals surface area contributed by atoms with E-state index < -0.39 is 12.2 Å². The number of hydrogen-bond donors (Lipinski definition) is 1. The van der Waals surface area contributed by atoms with Crippen molar-refractivity contribution in [3.63, 3.8) is 0 Å². The van der Waals surface area contributed by atoms with Gasteiger partial charge in [0.1, 0.15) is 5.75 Å². The van der Waals surface area contributed by atoms with E-state index in [9.17, 15) is 9.90 Å². The molecule has 5 nitrogen and oxygen atoms in total. The fraction of sp³-hybridized carbons (Fsp3) is 0.235. The number of Topliss-reactive ketones (excluding diaryl/α,β-unsaturated/α-hetero) is 1. The van der Waals surface area contributed by atoms with Crippen LogP contribution < -0.4 is 14.2 Å². The highest BCUT2D eigenvalue weighted by Crippen LogP contribution is 2.37. The number of methoxy groups -OCH3 is 2. The number of aliphatic hydroxyl groups excluding tert-OH is 1. The van der Waals surface area contributed by atoms with Crippen molar-refractivity contribution in [2.75, 3.05) is 14.2 Å². The van der Waals surface area contributed by atoms with Gasteiger partial charge in [0, 0.05) is 0 Å². The molecule has 1 N–H and O–H groups in total. The summed E-state index contributed by atoms with van der Waals surface area (Å²) in [6, 6.07) is 12.1. The number of ether oxygens (including phenoxy) is 3. The van der Waals surface area contributed by atoms with Gasteiger partial charge in [0.15, 0.2) is 29.5 Å². The van der Waals surface area contributed by atoms with Gasteiger partial charge >= 0.3 is 0 Å². The monoisotopic (exact) mass is 300 g/mol. The van der Waals surface area contributed by atoms with Crippen LogP contribution in [0.15, 0.2) is 42.5 Å². The highest BCUT2D eigenvalue weighted by molar-refractivity contribution is 6.03. The Balaban J connectivity index is 2.01. The minimum Gasteiger partial charge on any atom is -0.493 e. The number of ketones is 1. The smallest absolute Gasteiger partial charge is 0.199 e. The Hall–Kier alpha value is -2.53. The quantitative estimate of drug-likeness (QED) is 0.943. The molecule has 1 aliphatic rings. The summed E-state index contributed by atoms with van der Waals surface area (Å²) in [5.41, 5.74) is 1.04. The highest BCUT2D eigenvalue weighted by Gasteiger charge is 2.37. The SMILES string of the molecule is COc1ccc(C2Oc3ccccc3C(=O)C2O)cc1OC. The lowest BCUT2D eigenvalue weighted by molar-refractivity contribution is 0.0216. The van der Waals surface area contributed by atoms with Crippen LogP contribution in [0.1, 0.15) is 22.0 Å². The first-order chi connectivity index (χ1) is 10.7. The second kappa shape index (κ2) is 5.69. The second-order valence-electron chi connectivity index (χ2n) is 4.96. The first-order valence-electron chi connectivity index (χ1n) is 6.85. The summed E-state index contributed by atoms with van der Waals surface area (Å²) >= 11 is 0. The Morgan fingerprint density at radius 2 is 1.77 bits per heavy atom. The molecule has 5 heteroatoms. The largest absolute Gasteiger partial charge is 0.493 e. The van der Waals surface area contributed by atoms with Gasteiger partial charge in [-0.05, 0) is 29.8 Å². The lowest BCUT2D eigenvalue weighted by Gasteiger charge is -2.30. The van der Waals surface area contributed by atoms with E-state index in [1.807, 2.05) is 0 Å². The zero-order chi connectivity index (χ0) is 15.7. The van der Waals surface area contributed by atoms with E-state index in [-0.39, 0.29) is 5.78 Å². The molecule has 0 fully saturated rings. The molecule has 0 aliphatic carbocycles. The zero-order valence-electron chi connectivity index (χ0n) is 12.3. The zero-order valence-corrected chi connectivity index (χ0v) is 12.3. The standard InChI is InChI=1S/C17H16O5/c1-20-13-8-7-10(9-14(13)21-2)17-16(19)15(18)11-5-3-4-6-12(11)22-17/h3-9,16-17,19H,1-2H3. The number of rotatable bonds is 3. The van der Waals surface area contributed by atoms with E-state index in [1.54, 1.807) is 49.6 Å². The summed E-state index contributed by atoms with van der Waals surface area (Å²) < 4.78 is 16.2. The van der Waals surface area contributed by atoms with Gasteiger partial charge in [-0.25, -0.2) is 0 Å².